The number of benzene rings is 2. The minimum Gasteiger partial charge on any atom is -1.00 e. The lowest BCUT2D eigenvalue weighted by molar-refractivity contribution is -0.633. The van der Waals surface area contributed by atoms with Gasteiger partial charge in [-0.3, -0.25) is 0 Å². The lowest BCUT2D eigenvalue weighted by atomic mass is 10.1. The maximum absolute atomic E-state index is 14.1. The van der Waals surface area contributed by atoms with E-state index in [9.17, 15) is 4.39 Å². The number of ether oxygens (including phenoxy) is 1. The summed E-state index contributed by atoms with van der Waals surface area (Å²) in [6, 6.07) is 16.7. The second-order valence-corrected chi connectivity index (χ2v) is 4.66. The number of aryl methyl sites for hydroxylation is 1. The second-order valence-electron chi connectivity index (χ2n) is 4.66. The number of hydrogen-bond acceptors (Lipinski definition) is 1. The molecule has 108 valence electrons. The molecular formula is C17H15FINO. The first-order chi connectivity index (χ1) is 9.72. The van der Waals surface area contributed by atoms with E-state index >= 15 is 0 Å². The molecule has 21 heavy (non-hydrogen) atoms. The molecule has 0 fully saturated rings. The Morgan fingerprint density at radius 2 is 1.67 bits per heavy atom. The van der Waals surface area contributed by atoms with Gasteiger partial charge in [-0.1, -0.05) is 24.3 Å². The second kappa shape index (κ2) is 6.39. The van der Waals surface area contributed by atoms with Crippen LogP contribution in [-0.4, -0.2) is 7.11 Å². The predicted octanol–water partition coefficient (Wildman–Crippen LogP) is 0.483. The number of pyridine rings is 1. The Balaban J connectivity index is 0.00000161. The molecule has 0 saturated carbocycles. The first-order valence-electron chi connectivity index (χ1n) is 6.43. The van der Waals surface area contributed by atoms with Gasteiger partial charge in [0.25, 0.3) is 5.69 Å². The van der Waals surface area contributed by atoms with E-state index in [0.29, 0.717) is 11.3 Å². The fraction of sp³-hybridized carbons (Fsp3) is 0.118. The number of methoxy groups -OCH3 is 1. The van der Waals surface area contributed by atoms with Crippen LogP contribution in [0.3, 0.4) is 0 Å². The lowest BCUT2D eigenvalue weighted by Crippen LogP contribution is -3.00. The van der Waals surface area contributed by atoms with Crippen LogP contribution in [-0.2, 0) is 7.05 Å². The van der Waals surface area contributed by atoms with Gasteiger partial charge in [-0.25, -0.2) is 4.39 Å². The van der Waals surface area contributed by atoms with Crippen LogP contribution in [0, 0.1) is 5.82 Å². The molecule has 0 unspecified atom stereocenters. The molecule has 0 saturated heterocycles. The van der Waals surface area contributed by atoms with Crippen molar-refractivity contribution in [1.82, 2.24) is 0 Å². The van der Waals surface area contributed by atoms with Gasteiger partial charge in [-0.05, 0) is 18.2 Å². The Labute approximate surface area is 140 Å². The molecule has 1 aromatic heterocycles. The molecular weight excluding hydrogens is 380 g/mol. The summed E-state index contributed by atoms with van der Waals surface area (Å²) in [5, 5.41) is 1.06. The summed E-state index contributed by atoms with van der Waals surface area (Å²) in [4.78, 5) is 0. The molecule has 0 atom stereocenters. The Kier molecular flexibility index (Phi) is 4.77. The van der Waals surface area contributed by atoms with E-state index in [1.807, 2.05) is 48.0 Å². The highest BCUT2D eigenvalue weighted by molar-refractivity contribution is 5.80. The van der Waals surface area contributed by atoms with Gasteiger partial charge in [0, 0.05) is 12.1 Å². The summed E-state index contributed by atoms with van der Waals surface area (Å²) < 4.78 is 21.5. The van der Waals surface area contributed by atoms with Gasteiger partial charge < -0.3 is 28.7 Å². The van der Waals surface area contributed by atoms with E-state index in [1.165, 1.54) is 6.07 Å². The van der Waals surface area contributed by atoms with Crippen LogP contribution in [0.25, 0.3) is 22.2 Å². The van der Waals surface area contributed by atoms with E-state index in [2.05, 4.69) is 0 Å². The van der Waals surface area contributed by atoms with Crippen molar-refractivity contribution >= 4 is 10.9 Å². The average molecular weight is 395 g/mol. The molecule has 2 aromatic carbocycles. The SMILES string of the molecule is COc1cc2ccccc2[n+](C)c1-c1ccccc1F.[I-]. The number of aromatic nitrogens is 1. The van der Waals surface area contributed by atoms with Gasteiger partial charge in [-0.15, -0.1) is 0 Å². The summed E-state index contributed by atoms with van der Waals surface area (Å²) in [5.74, 6) is 0.410. The van der Waals surface area contributed by atoms with Crippen LogP contribution in [0.4, 0.5) is 4.39 Å². The molecule has 0 radical (unpaired) electrons. The fourth-order valence-corrected chi connectivity index (χ4v) is 2.53. The highest BCUT2D eigenvalue weighted by Gasteiger charge is 2.23. The average Bonchev–Trinajstić information content (AvgIpc) is 2.48. The largest absolute Gasteiger partial charge is 1.00 e. The molecule has 0 aliphatic carbocycles. The quantitative estimate of drug-likeness (QED) is 0.455. The van der Waals surface area contributed by atoms with Crippen molar-refractivity contribution in [2.45, 2.75) is 0 Å². The molecule has 0 N–H and O–H groups in total. The monoisotopic (exact) mass is 395 g/mol. The summed E-state index contributed by atoms with van der Waals surface area (Å²) in [6.07, 6.45) is 0. The first-order valence-corrected chi connectivity index (χ1v) is 6.43. The number of rotatable bonds is 2. The van der Waals surface area contributed by atoms with Gasteiger partial charge in [0.15, 0.2) is 5.75 Å². The van der Waals surface area contributed by atoms with E-state index in [1.54, 1.807) is 19.2 Å². The standard InChI is InChI=1S/C17H15FNO.HI/c1-19-15-10-6-3-7-12(15)11-16(20-2)17(19)13-8-4-5-9-14(13)18;/h3-11H,1-2H3;1H/q+1;/p-1. The maximum atomic E-state index is 14.1. The summed E-state index contributed by atoms with van der Waals surface area (Å²) >= 11 is 0. The lowest BCUT2D eigenvalue weighted by Gasteiger charge is -2.09. The van der Waals surface area contributed by atoms with Crippen LogP contribution < -0.4 is 33.3 Å². The van der Waals surface area contributed by atoms with E-state index in [0.717, 1.165) is 16.6 Å². The molecule has 3 aromatic rings. The Morgan fingerprint density at radius 3 is 2.38 bits per heavy atom. The molecule has 0 bridgehead atoms. The molecule has 0 aliphatic rings. The highest BCUT2D eigenvalue weighted by Crippen LogP contribution is 2.31. The predicted molar refractivity (Wildman–Crippen MR) is 77.1 cm³/mol. The molecule has 4 heteroatoms. The summed E-state index contributed by atoms with van der Waals surface area (Å²) in [6.45, 7) is 0. The fourth-order valence-electron chi connectivity index (χ4n) is 2.53. The van der Waals surface area contributed by atoms with Crippen molar-refractivity contribution in [3.8, 4) is 17.0 Å². The third-order valence-electron chi connectivity index (χ3n) is 3.50. The molecule has 3 rings (SSSR count). The number of fused-ring (bicyclic) bond motifs is 1. The number of nitrogens with zero attached hydrogens (tertiary/aromatic N) is 1. The van der Waals surface area contributed by atoms with Crippen LogP contribution in [0.2, 0.25) is 0 Å². The molecule has 2 nitrogen and oxygen atoms in total. The third kappa shape index (κ3) is 2.72. The number of para-hydroxylation sites is 1. The summed E-state index contributed by atoms with van der Waals surface area (Å²) in [5.41, 5.74) is 2.31. The molecule has 0 aliphatic heterocycles. The number of hydrogen-bond donors (Lipinski definition) is 0. The Bertz CT molecular complexity index is 789. The van der Waals surface area contributed by atoms with Gasteiger partial charge in [-0.2, -0.15) is 4.57 Å². The Hall–Kier alpha value is -1.69. The normalized spacial score (nSPS) is 10.2. The van der Waals surface area contributed by atoms with Gasteiger partial charge in [0.1, 0.15) is 12.9 Å². The van der Waals surface area contributed by atoms with E-state index in [-0.39, 0.29) is 29.8 Å². The Morgan fingerprint density at radius 1 is 1.00 bits per heavy atom. The zero-order valence-electron chi connectivity index (χ0n) is 11.8. The zero-order chi connectivity index (χ0) is 14.1. The van der Waals surface area contributed by atoms with Crippen molar-refractivity contribution in [2.24, 2.45) is 7.05 Å². The molecule has 0 spiro atoms. The van der Waals surface area contributed by atoms with Gasteiger partial charge in [0.2, 0.25) is 5.52 Å². The highest BCUT2D eigenvalue weighted by atomic mass is 127. The van der Waals surface area contributed by atoms with Crippen molar-refractivity contribution in [3.05, 3.63) is 60.4 Å². The smallest absolute Gasteiger partial charge is 0.258 e. The van der Waals surface area contributed by atoms with Crippen LogP contribution in [0.5, 0.6) is 5.75 Å². The minimum atomic E-state index is -0.253. The topological polar surface area (TPSA) is 13.1 Å². The number of halogens is 2. The van der Waals surface area contributed by atoms with Crippen LogP contribution in [0.1, 0.15) is 0 Å². The van der Waals surface area contributed by atoms with Gasteiger partial charge in [0.05, 0.1) is 18.1 Å². The molecule has 1 heterocycles. The molecule has 0 amide bonds. The van der Waals surface area contributed by atoms with Crippen LogP contribution in [0.15, 0.2) is 54.6 Å². The van der Waals surface area contributed by atoms with Crippen molar-refractivity contribution in [2.75, 3.05) is 7.11 Å². The van der Waals surface area contributed by atoms with Crippen molar-refractivity contribution in [1.29, 1.82) is 0 Å². The zero-order valence-corrected chi connectivity index (χ0v) is 14.0. The van der Waals surface area contributed by atoms with E-state index in [4.69, 9.17) is 4.74 Å². The van der Waals surface area contributed by atoms with Crippen molar-refractivity contribution in [3.63, 3.8) is 0 Å². The third-order valence-corrected chi connectivity index (χ3v) is 3.50. The van der Waals surface area contributed by atoms with Crippen LogP contribution >= 0.6 is 0 Å². The maximum Gasteiger partial charge on any atom is 0.258 e. The summed E-state index contributed by atoms with van der Waals surface area (Å²) in [7, 11) is 3.53. The van der Waals surface area contributed by atoms with Gasteiger partial charge >= 0.3 is 0 Å². The first kappa shape index (κ1) is 15.7. The van der Waals surface area contributed by atoms with E-state index < -0.39 is 0 Å². The van der Waals surface area contributed by atoms with Crippen molar-refractivity contribution < 1.29 is 37.7 Å². The minimum absolute atomic E-state index is 0.